The fraction of sp³-hybridized carbons (Fsp3) is 0.500. The zero-order valence-electron chi connectivity index (χ0n) is 11.4. The maximum absolute atomic E-state index is 10.3. The highest BCUT2D eigenvalue weighted by Gasteiger charge is 2.22. The van der Waals surface area contributed by atoms with Crippen molar-refractivity contribution in [2.75, 3.05) is 6.54 Å². The Morgan fingerprint density at radius 3 is 2.61 bits per heavy atom. The van der Waals surface area contributed by atoms with E-state index in [1.54, 1.807) is 6.92 Å². The number of benzene rings is 1. The zero-order chi connectivity index (χ0) is 13.6. The second-order valence-electron chi connectivity index (χ2n) is 4.79. The molecule has 2 unspecified atom stereocenters. The van der Waals surface area contributed by atoms with Gasteiger partial charge in [0.05, 0.1) is 6.54 Å². The van der Waals surface area contributed by atoms with Crippen LogP contribution in [0, 0.1) is 0 Å². The van der Waals surface area contributed by atoms with Crippen molar-refractivity contribution in [3.8, 4) is 0 Å². The summed E-state index contributed by atoms with van der Waals surface area (Å²) >= 11 is 0. The molecule has 0 bridgehead atoms. The Morgan fingerprint density at radius 2 is 2.06 bits per heavy atom. The van der Waals surface area contributed by atoms with Crippen molar-refractivity contribution in [1.29, 1.82) is 0 Å². The molecular weight excluding hydrogens is 226 g/mol. The van der Waals surface area contributed by atoms with E-state index in [0.29, 0.717) is 5.96 Å². The molecule has 2 atom stereocenters. The van der Waals surface area contributed by atoms with E-state index in [2.05, 4.69) is 17.2 Å². The largest absolute Gasteiger partial charge is 0.384 e. The summed E-state index contributed by atoms with van der Waals surface area (Å²) in [5.41, 5.74) is 5.60. The van der Waals surface area contributed by atoms with Gasteiger partial charge >= 0.3 is 0 Å². The summed E-state index contributed by atoms with van der Waals surface area (Å²) in [4.78, 5) is 4.19. The topological polar surface area (TPSA) is 70.6 Å². The minimum absolute atomic E-state index is 0.242. The smallest absolute Gasteiger partial charge is 0.188 e. The SMILES string of the molecule is CCC(C)NC(N)=NCC(C)(O)c1ccccc1. The first-order chi connectivity index (χ1) is 8.45. The minimum atomic E-state index is -0.997. The number of hydrogen-bond donors (Lipinski definition) is 3. The number of nitrogens with one attached hydrogen (secondary N) is 1. The van der Waals surface area contributed by atoms with Crippen LogP contribution in [0.3, 0.4) is 0 Å². The average molecular weight is 249 g/mol. The molecule has 0 aliphatic carbocycles. The van der Waals surface area contributed by atoms with Gasteiger partial charge in [-0.15, -0.1) is 0 Å². The molecule has 0 amide bonds. The Morgan fingerprint density at radius 1 is 1.44 bits per heavy atom. The summed E-state index contributed by atoms with van der Waals surface area (Å²) in [6, 6.07) is 9.77. The summed E-state index contributed by atoms with van der Waals surface area (Å²) in [6.07, 6.45) is 0.977. The van der Waals surface area contributed by atoms with Crippen LogP contribution in [0.1, 0.15) is 32.8 Å². The van der Waals surface area contributed by atoms with Crippen LogP contribution in [0.25, 0.3) is 0 Å². The second-order valence-corrected chi connectivity index (χ2v) is 4.79. The number of nitrogens with two attached hydrogens (primary N) is 1. The lowest BCUT2D eigenvalue weighted by Gasteiger charge is -2.22. The normalized spacial score (nSPS) is 17.0. The standard InChI is InChI=1S/C14H23N3O/c1-4-11(2)17-13(15)16-10-14(3,18)12-8-6-5-7-9-12/h5-9,11,18H,4,10H2,1-3H3,(H3,15,16,17). The molecule has 0 heterocycles. The summed E-state index contributed by atoms with van der Waals surface area (Å²) < 4.78 is 0. The molecule has 1 aromatic rings. The lowest BCUT2D eigenvalue weighted by molar-refractivity contribution is 0.0673. The molecule has 0 aliphatic rings. The molecule has 0 radical (unpaired) electrons. The van der Waals surface area contributed by atoms with Crippen LogP contribution >= 0.6 is 0 Å². The molecule has 4 heteroatoms. The maximum atomic E-state index is 10.3. The number of aliphatic imine (C=N–C) groups is 1. The van der Waals surface area contributed by atoms with Crippen molar-refractivity contribution in [2.24, 2.45) is 10.7 Å². The quantitative estimate of drug-likeness (QED) is 0.548. The first kappa shape index (κ1) is 14.5. The number of hydrogen-bond acceptors (Lipinski definition) is 2. The Kier molecular flexibility index (Phi) is 5.16. The van der Waals surface area contributed by atoms with Gasteiger partial charge in [0.2, 0.25) is 0 Å². The highest BCUT2D eigenvalue weighted by Crippen LogP contribution is 2.20. The molecule has 100 valence electrons. The van der Waals surface area contributed by atoms with Crippen LogP contribution in [0.4, 0.5) is 0 Å². The summed E-state index contributed by atoms with van der Waals surface area (Å²) in [5, 5.41) is 13.4. The van der Waals surface area contributed by atoms with Gasteiger partial charge in [-0.25, -0.2) is 0 Å². The third-order valence-electron chi connectivity index (χ3n) is 2.96. The van der Waals surface area contributed by atoms with Gasteiger partial charge in [-0.3, -0.25) is 4.99 Å². The van der Waals surface area contributed by atoms with E-state index in [9.17, 15) is 5.11 Å². The monoisotopic (exact) mass is 249 g/mol. The molecule has 4 N–H and O–H groups in total. The van der Waals surface area contributed by atoms with Crippen molar-refractivity contribution in [3.05, 3.63) is 35.9 Å². The molecule has 0 saturated carbocycles. The fourth-order valence-electron chi connectivity index (χ4n) is 1.53. The Hall–Kier alpha value is -1.55. The molecule has 18 heavy (non-hydrogen) atoms. The van der Waals surface area contributed by atoms with Gasteiger partial charge in [0.15, 0.2) is 5.96 Å². The van der Waals surface area contributed by atoms with E-state index >= 15 is 0 Å². The molecule has 0 fully saturated rings. The lowest BCUT2D eigenvalue weighted by Crippen LogP contribution is -2.39. The third kappa shape index (κ3) is 4.37. The van der Waals surface area contributed by atoms with E-state index in [-0.39, 0.29) is 12.6 Å². The Balaban J connectivity index is 2.64. The Labute approximate surface area is 109 Å². The van der Waals surface area contributed by atoms with E-state index in [0.717, 1.165) is 12.0 Å². The van der Waals surface area contributed by atoms with Crippen LogP contribution in [0.2, 0.25) is 0 Å². The number of aliphatic hydroxyl groups is 1. The van der Waals surface area contributed by atoms with Gasteiger partial charge in [0.25, 0.3) is 0 Å². The average Bonchev–Trinajstić information content (AvgIpc) is 2.37. The van der Waals surface area contributed by atoms with Gasteiger partial charge in [-0.2, -0.15) is 0 Å². The fourth-order valence-corrected chi connectivity index (χ4v) is 1.53. The van der Waals surface area contributed by atoms with Crippen molar-refractivity contribution >= 4 is 5.96 Å². The maximum Gasteiger partial charge on any atom is 0.188 e. The van der Waals surface area contributed by atoms with Crippen molar-refractivity contribution in [2.45, 2.75) is 38.8 Å². The van der Waals surface area contributed by atoms with Crippen LogP contribution in [0.15, 0.2) is 35.3 Å². The Bertz CT molecular complexity index is 387. The molecule has 0 aliphatic heterocycles. The summed E-state index contributed by atoms with van der Waals surface area (Å²) in [5.74, 6) is 0.376. The predicted molar refractivity (Wildman–Crippen MR) is 75.4 cm³/mol. The molecule has 4 nitrogen and oxygen atoms in total. The van der Waals surface area contributed by atoms with Crippen molar-refractivity contribution in [3.63, 3.8) is 0 Å². The van der Waals surface area contributed by atoms with Crippen molar-refractivity contribution in [1.82, 2.24) is 5.32 Å². The molecule has 1 rings (SSSR count). The summed E-state index contributed by atoms with van der Waals surface area (Å²) in [7, 11) is 0. The van der Waals surface area contributed by atoms with Crippen LogP contribution in [-0.4, -0.2) is 23.7 Å². The van der Waals surface area contributed by atoms with Crippen LogP contribution in [0.5, 0.6) is 0 Å². The van der Waals surface area contributed by atoms with Gasteiger partial charge in [0.1, 0.15) is 5.60 Å². The predicted octanol–water partition coefficient (Wildman–Crippen LogP) is 1.60. The van der Waals surface area contributed by atoms with E-state index in [1.807, 2.05) is 37.3 Å². The second kappa shape index (κ2) is 6.40. The number of nitrogens with zero attached hydrogens (tertiary/aromatic N) is 1. The zero-order valence-corrected chi connectivity index (χ0v) is 11.4. The number of guanidine groups is 1. The van der Waals surface area contributed by atoms with E-state index in [1.165, 1.54) is 0 Å². The minimum Gasteiger partial charge on any atom is -0.384 e. The number of rotatable bonds is 5. The van der Waals surface area contributed by atoms with Gasteiger partial charge in [0, 0.05) is 6.04 Å². The molecule has 1 aromatic carbocycles. The van der Waals surface area contributed by atoms with E-state index in [4.69, 9.17) is 5.73 Å². The highest BCUT2D eigenvalue weighted by atomic mass is 16.3. The lowest BCUT2D eigenvalue weighted by atomic mass is 9.96. The third-order valence-corrected chi connectivity index (χ3v) is 2.96. The molecule has 0 saturated heterocycles. The first-order valence-corrected chi connectivity index (χ1v) is 6.30. The molecule has 0 spiro atoms. The van der Waals surface area contributed by atoms with Gasteiger partial charge in [-0.1, -0.05) is 37.3 Å². The highest BCUT2D eigenvalue weighted by molar-refractivity contribution is 5.78. The molecule has 0 aromatic heterocycles. The van der Waals surface area contributed by atoms with Gasteiger partial charge in [-0.05, 0) is 25.8 Å². The summed E-state index contributed by atoms with van der Waals surface area (Å²) in [6.45, 7) is 6.09. The van der Waals surface area contributed by atoms with Gasteiger partial charge < -0.3 is 16.2 Å². The van der Waals surface area contributed by atoms with Crippen LogP contribution in [-0.2, 0) is 5.60 Å². The van der Waals surface area contributed by atoms with Crippen LogP contribution < -0.4 is 11.1 Å². The van der Waals surface area contributed by atoms with E-state index < -0.39 is 5.60 Å². The molecular formula is C14H23N3O. The first-order valence-electron chi connectivity index (χ1n) is 6.30. The van der Waals surface area contributed by atoms with Crippen molar-refractivity contribution < 1.29 is 5.11 Å².